The van der Waals surface area contributed by atoms with Gasteiger partial charge in [-0.1, -0.05) is 18.2 Å². The number of piperidine rings is 1. The molecular formula is C16H24N2O3. The van der Waals surface area contributed by atoms with Crippen LogP contribution in [-0.4, -0.2) is 60.7 Å². The van der Waals surface area contributed by atoms with E-state index >= 15 is 0 Å². The van der Waals surface area contributed by atoms with E-state index in [1.165, 1.54) is 4.90 Å². The van der Waals surface area contributed by atoms with Crippen molar-refractivity contribution in [2.24, 2.45) is 0 Å². The summed E-state index contributed by atoms with van der Waals surface area (Å²) in [4.78, 5) is 15.4. The first-order valence-corrected chi connectivity index (χ1v) is 7.37. The van der Waals surface area contributed by atoms with Gasteiger partial charge in [0.05, 0.1) is 6.10 Å². The number of benzene rings is 1. The lowest BCUT2D eigenvalue weighted by Gasteiger charge is -2.29. The normalized spacial score (nSPS) is 16.7. The van der Waals surface area contributed by atoms with Crippen molar-refractivity contribution >= 4 is 5.91 Å². The third-order valence-corrected chi connectivity index (χ3v) is 3.77. The molecule has 116 valence electrons. The van der Waals surface area contributed by atoms with E-state index in [4.69, 9.17) is 4.74 Å². The number of hydrogen-bond acceptors (Lipinski definition) is 4. The maximum absolute atomic E-state index is 11.6. The van der Waals surface area contributed by atoms with E-state index in [2.05, 4.69) is 4.90 Å². The molecule has 5 nitrogen and oxygen atoms in total. The van der Waals surface area contributed by atoms with Crippen LogP contribution in [0.15, 0.2) is 24.3 Å². The van der Waals surface area contributed by atoms with Crippen molar-refractivity contribution in [3.8, 4) is 5.75 Å². The van der Waals surface area contributed by atoms with Gasteiger partial charge in [-0.25, -0.2) is 0 Å². The van der Waals surface area contributed by atoms with E-state index in [0.717, 1.165) is 43.8 Å². The highest BCUT2D eigenvalue weighted by Crippen LogP contribution is 2.22. The second-order valence-corrected chi connectivity index (χ2v) is 5.69. The zero-order valence-electron chi connectivity index (χ0n) is 12.8. The lowest BCUT2D eigenvalue weighted by molar-refractivity contribution is -0.130. The number of aliphatic hydroxyl groups excluding tert-OH is 1. The fourth-order valence-corrected chi connectivity index (χ4v) is 2.36. The maximum Gasteiger partial charge on any atom is 0.259 e. The van der Waals surface area contributed by atoms with Gasteiger partial charge in [-0.05, 0) is 18.9 Å². The Morgan fingerprint density at radius 3 is 2.67 bits per heavy atom. The molecule has 5 heteroatoms. The molecule has 0 aliphatic carbocycles. The fraction of sp³-hybridized carbons (Fsp3) is 0.562. The van der Waals surface area contributed by atoms with Gasteiger partial charge in [0, 0.05) is 39.3 Å². The Balaban J connectivity index is 1.95. The monoisotopic (exact) mass is 292 g/mol. The number of aliphatic hydroxyl groups is 1. The van der Waals surface area contributed by atoms with Crippen LogP contribution in [0.4, 0.5) is 0 Å². The second-order valence-electron chi connectivity index (χ2n) is 5.69. The molecule has 2 rings (SSSR count). The molecule has 0 radical (unpaired) electrons. The minimum atomic E-state index is -0.162. The predicted octanol–water partition coefficient (Wildman–Crippen LogP) is 1.11. The Bertz CT molecular complexity index is 468. The number of rotatable bonds is 5. The van der Waals surface area contributed by atoms with Crippen LogP contribution in [0.5, 0.6) is 5.75 Å². The van der Waals surface area contributed by atoms with Gasteiger partial charge in [0.15, 0.2) is 6.61 Å². The maximum atomic E-state index is 11.6. The number of likely N-dealkylation sites (tertiary alicyclic amines) is 1. The van der Waals surface area contributed by atoms with Gasteiger partial charge in [-0.15, -0.1) is 0 Å². The summed E-state index contributed by atoms with van der Waals surface area (Å²) in [5, 5.41) is 9.55. The summed E-state index contributed by atoms with van der Waals surface area (Å²) in [5.74, 6) is 0.713. The van der Waals surface area contributed by atoms with E-state index in [1.54, 1.807) is 14.1 Å². The van der Waals surface area contributed by atoms with E-state index in [-0.39, 0.29) is 18.6 Å². The predicted molar refractivity (Wildman–Crippen MR) is 81.1 cm³/mol. The van der Waals surface area contributed by atoms with Gasteiger partial charge < -0.3 is 14.7 Å². The molecule has 0 spiro atoms. The van der Waals surface area contributed by atoms with Crippen LogP contribution in [-0.2, 0) is 11.3 Å². The van der Waals surface area contributed by atoms with Crippen LogP contribution in [0.1, 0.15) is 18.4 Å². The first kappa shape index (κ1) is 15.8. The number of carbonyl (C=O) groups is 1. The van der Waals surface area contributed by atoms with E-state index in [9.17, 15) is 9.90 Å². The zero-order chi connectivity index (χ0) is 15.2. The quantitative estimate of drug-likeness (QED) is 0.883. The van der Waals surface area contributed by atoms with E-state index in [0.29, 0.717) is 0 Å². The molecule has 0 saturated carbocycles. The van der Waals surface area contributed by atoms with Crippen molar-refractivity contribution < 1.29 is 14.6 Å². The number of likely N-dealkylation sites (N-methyl/N-ethyl adjacent to an activating group) is 1. The lowest BCUT2D eigenvalue weighted by atomic mass is 10.1. The van der Waals surface area contributed by atoms with Crippen molar-refractivity contribution in [3.05, 3.63) is 29.8 Å². The van der Waals surface area contributed by atoms with Crippen LogP contribution in [0, 0.1) is 0 Å². The Morgan fingerprint density at radius 2 is 2.00 bits per heavy atom. The minimum absolute atomic E-state index is 0.0501. The van der Waals surface area contributed by atoms with Gasteiger partial charge in [0.1, 0.15) is 5.75 Å². The highest BCUT2D eigenvalue weighted by Gasteiger charge is 2.18. The van der Waals surface area contributed by atoms with Crippen molar-refractivity contribution in [2.75, 3.05) is 33.8 Å². The van der Waals surface area contributed by atoms with Crippen LogP contribution in [0.3, 0.4) is 0 Å². The van der Waals surface area contributed by atoms with Gasteiger partial charge in [-0.3, -0.25) is 9.69 Å². The Kier molecular flexibility index (Phi) is 5.59. The van der Waals surface area contributed by atoms with Gasteiger partial charge in [-0.2, -0.15) is 0 Å². The molecule has 0 unspecified atom stereocenters. The summed E-state index contributed by atoms with van der Waals surface area (Å²) in [5.41, 5.74) is 1.08. The molecule has 1 aromatic carbocycles. The first-order valence-electron chi connectivity index (χ1n) is 7.37. The van der Waals surface area contributed by atoms with Crippen LogP contribution in [0.25, 0.3) is 0 Å². The zero-order valence-corrected chi connectivity index (χ0v) is 12.8. The van der Waals surface area contributed by atoms with Crippen LogP contribution < -0.4 is 4.74 Å². The summed E-state index contributed by atoms with van der Waals surface area (Å²) >= 11 is 0. The fourth-order valence-electron chi connectivity index (χ4n) is 2.36. The molecule has 0 bridgehead atoms. The first-order chi connectivity index (χ1) is 10.1. The molecule has 21 heavy (non-hydrogen) atoms. The average Bonchev–Trinajstić information content (AvgIpc) is 2.48. The highest BCUT2D eigenvalue weighted by atomic mass is 16.5. The molecule has 1 aliphatic heterocycles. The summed E-state index contributed by atoms with van der Waals surface area (Å²) < 4.78 is 5.66. The van der Waals surface area contributed by atoms with Crippen molar-refractivity contribution in [3.63, 3.8) is 0 Å². The molecule has 1 aliphatic rings. The average molecular weight is 292 g/mol. The van der Waals surface area contributed by atoms with E-state index < -0.39 is 0 Å². The number of ether oxygens (including phenoxy) is 1. The summed E-state index contributed by atoms with van der Waals surface area (Å²) in [6.45, 7) is 2.64. The summed E-state index contributed by atoms with van der Waals surface area (Å²) in [6.07, 6.45) is 1.48. The second kappa shape index (κ2) is 7.43. The van der Waals surface area contributed by atoms with Crippen LogP contribution >= 0.6 is 0 Å². The number of nitrogens with zero attached hydrogens (tertiary/aromatic N) is 2. The number of hydrogen-bond donors (Lipinski definition) is 1. The van der Waals surface area contributed by atoms with Gasteiger partial charge in [0.25, 0.3) is 5.91 Å². The summed E-state index contributed by atoms with van der Waals surface area (Å²) in [6, 6.07) is 7.82. The molecule has 1 amide bonds. The van der Waals surface area contributed by atoms with Gasteiger partial charge in [0.2, 0.25) is 0 Å². The van der Waals surface area contributed by atoms with Crippen molar-refractivity contribution in [1.82, 2.24) is 9.80 Å². The Morgan fingerprint density at radius 1 is 1.33 bits per heavy atom. The molecule has 1 heterocycles. The molecule has 0 atom stereocenters. The topological polar surface area (TPSA) is 53.0 Å². The molecular weight excluding hydrogens is 268 g/mol. The minimum Gasteiger partial charge on any atom is -0.483 e. The Labute approximate surface area is 126 Å². The van der Waals surface area contributed by atoms with Gasteiger partial charge >= 0.3 is 0 Å². The molecule has 1 saturated heterocycles. The van der Waals surface area contributed by atoms with E-state index in [1.807, 2.05) is 24.3 Å². The molecule has 0 aromatic heterocycles. The molecule has 1 N–H and O–H groups in total. The van der Waals surface area contributed by atoms with Crippen molar-refractivity contribution in [1.29, 1.82) is 0 Å². The Hall–Kier alpha value is -1.59. The third-order valence-electron chi connectivity index (χ3n) is 3.77. The number of carbonyl (C=O) groups excluding carboxylic acids is 1. The number of amides is 1. The van der Waals surface area contributed by atoms with Crippen LogP contribution in [0.2, 0.25) is 0 Å². The third kappa shape index (κ3) is 4.72. The molecule has 1 fully saturated rings. The summed E-state index contributed by atoms with van der Waals surface area (Å²) in [7, 11) is 3.44. The molecule has 1 aromatic rings. The highest BCUT2D eigenvalue weighted by molar-refractivity contribution is 5.77. The smallest absolute Gasteiger partial charge is 0.259 e. The lowest BCUT2D eigenvalue weighted by Crippen LogP contribution is -2.35. The standard InChI is InChI=1S/C16H24N2O3/c1-17(2)16(20)12-21-15-6-4-3-5-13(15)11-18-9-7-14(19)8-10-18/h3-6,14,19H,7-12H2,1-2H3. The number of para-hydroxylation sites is 1. The largest absolute Gasteiger partial charge is 0.483 e. The SMILES string of the molecule is CN(C)C(=O)COc1ccccc1CN1CCC(O)CC1. The van der Waals surface area contributed by atoms with Crippen molar-refractivity contribution in [2.45, 2.75) is 25.5 Å².